The highest BCUT2D eigenvalue weighted by atomic mass is 31.2. The molecule has 0 bridgehead atoms. The van der Waals surface area contributed by atoms with Crippen LogP contribution in [0.3, 0.4) is 0 Å². The van der Waals surface area contributed by atoms with Crippen LogP contribution in [-0.2, 0) is 9.36 Å². The highest BCUT2D eigenvalue weighted by Gasteiger charge is 2.32. The Bertz CT molecular complexity index is 632. The van der Waals surface area contributed by atoms with E-state index in [1.165, 1.54) is 167 Å². The van der Waals surface area contributed by atoms with Crippen LogP contribution >= 0.6 is 16.8 Å². The minimum atomic E-state index is -4.10. The molecule has 6 nitrogen and oxygen atoms in total. The van der Waals surface area contributed by atoms with Gasteiger partial charge < -0.3 is 14.9 Å². The van der Waals surface area contributed by atoms with Gasteiger partial charge in [-0.15, -0.1) is 9.24 Å². The summed E-state index contributed by atoms with van der Waals surface area (Å²) in [6.45, 7) is 8.92. The SMILES string of the molecule is CCCCCCCCCCCCC(CCCCCC)C(P)(CCCCCC)CCCCCC.O=C(O)CNCP(=O)(O)O. The summed E-state index contributed by atoms with van der Waals surface area (Å²) in [4.78, 5) is 26.1. The molecule has 0 aliphatic carbocycles. The van der Waals surface area contributed by atoms with Gasteiger partial charge in [0.1, 0.15) is 0 Å². The Balaban J connectivity index is 0. The zero-order chi connectivity index (χ0) is 32.7. The van der Waals surface area contributed by atoms with Crippen LogP contribution in [0.2, 0.25) is 0 Å². The van der Waals surface area contributed by atoms with Crippen LogP contribution in [0.1, 0.15) is 195 Å². The average molecular weight is 652 g/mol. The lowest BCUT2D eigenvalue weighted by atomic mass is 9.77. The van der Waals surface area contributed by atoms with E-state index in [2.05, 4.69) is 42.3 Å². The van der Waals surface area contributed by atoms with Crippen molar-refractivity contribution in [3.05, 3.63) is 0 Å². The molecule has 0 radical (unpaired) electrons. The molecule has 0 spiro atoms. The normalized spacial score (nSPS) is 12.6. The Morgan fingerprint density at radius 2 is 0.953 bits per heavy atom. The number of unbranched alkanes of at least 4 members (excludes halogenated alkanes) is 18. The van der Waals surface area contributed by atoms with E-state index in [4.69, 9.17) is 14.9 Å². The van der Waals surface area contributed by atoms with E-state index in [0.29, 0.717) is 5.16 Å². The van der Waals surface area contributed by atoms with E-state index in [1.807, 2.05) is 0 Å². The summed E-state index contributed by atoms with van der Waals surface area (Å²) in [6, 6.07) is 0. The first-order valence-electron chi connectivity index (χ1n) is 18.3. The van der Waals surface area contributed by atoms with Crippen molar-refractivity contribution >= 4 is 22.8 Å². The number of rotatable bonds is 31. The van der Waals surface area contributed by atoms with Gasteiger partial charge in [-0.3, -0.25) is 14.7 Å². The highest BCUT2D eigenvalue weighted by molar-refractivity contribution is 7.51. The molecule has 0 aromatic carbocycles. The first kappa shape index (κ1) is 45.1. The van der Waals surface area contributed by atoms with Crippen LogP contribution in [0.15, 0.2) is 0 Å². The second-order valence-corrected chi connectivity index (χ2v) is 15.8. The molecule has 0 aromatic heterocycles. The van der Waals surface area contributed by atoms with Gasteiger partial charge in [0.15, 0.2) is 0 Å². The maximum atomic E-state index is 10.1. The van der Waals surface area contributed by atoms with E-state index in [9.17, 15) is 9.36 Å². The summed E-state index contributed by atoms with van der Waals surface area (Å²) in [7, 11) is -0.611. The molecule has 0 aromatic rings. The van der Waals surface area contributed by atoms with Crippen LogP contribution in [0.5, 0.6) is 0 Å². The van der Waals surface area contributed by atoms with Crippen molar-refractivity contribution < 1.29 is 24.3 Å². The molecule has 4 N–H and O–H groups in total. The molecule has 260 valence electrons. The standard InChI is InChI=1S/C32H67P.C3H8NO5P/c1-5-9-13-17-18-19-20-21-22-24-28-31(27-23-14-10-6-2)32(33,29-25-15-11-7-3)30-26-16-12-8-4;5-3(6)1-4-2-10(7,8)9/h31H,5-30,33H2,1-4H3;4H,1-2H2,(H,5,6)(H2,7,8,9). The van der Waals surface area contributed by atoms with Crippen molar-refractivity contribution in [2.75, 3.05) is 12.8 Å². The maximum Gasteiger partial charge on any atom is 0.339 e. The Hall–Kier alpha value is 0.01000. The van der Waals surface area contributed by atoms with Crippen molar-refractivity contribution in [3.63, 3.8) is 0 Å². The van der Waals surface area contributed by atoms with Crippen molar-refractivity contribution in [2.45, 2.75) is 200 Å². The highest BCUT2D eigenvalue weighted by Crippen LogP contribution is 2.44. The van der Waals surface area contributed by atoms with Crippen LogP contribution < -0.4 is 5.32 Å². The number of nitrogens with one attached hydrogen (secondary N) is 1. The van der Waals surface area contributed by atoms with Crippen molar-refractivity contribution in [2.24, 2.45) is 5.92 Å². The number of aliphatic carboxylic acids is 1. The average Bonchev–Trinajstić information content (AvgIpc) is 2.95. The zero-order valence-electron chi connectivity index (χ0n) is 29.1. The van der Waals surface area contributed by atoms with Crippen molar-refractivity contribution in [3.8, 4) is 0 Å². The first-order chi connectivity index (χ1) is 20.6. The van der Waals surface area contributed by atoms with E-state index < -0.39 is 26.4 Å². The van der Waals surface area contributed by atoms with Crippen LogP contribution in [0, 0.1) is 5.92 Å². The lowest BCUT2D eigenvalue weighted by molar-refractivity contribution is -0.135. The molecular formula is C35H75NO5P2. The molecule has 0 fully saturated rings. The van der Waals surface area contributed by atoms with Crippen LogP contribution in [0.25, 0.3) is 0 Å². The van der Waals surface area contributed by atoms with Gasteiger partial charge in [0.25, 0.3) is 0 Å². The second kappa shape index (κ2) is 32.0. The minimum absolute atomic E-state index is 0.439. The summed E-state index contributed by atoms with van der Waals surface area (Å²) in [5.74, 6) is -0.204. The molecule has 0 aliphatic rings. The molecule has 0 rings (SSSR count). The molecule has 2 atom stereocenters. The topological polar surface area (TPSA) is 107 Å². The second-order valence-electron chi connectivity index (χ2n) is 13.0. The largest absolute Gasteiger partial charge is 0.480 e. The van der Waals surface area contributed by atoms with Gasteiger partial charge in [0.05, 0.1) is 12.8 Å². The fraction of sp³-hybridized carbons (Fsp3) is 0.971. The number of carboxylic acids is 1. The van der Waals surface area contributed by atoms with E-state index >= 15 is 0 Å². The Morgan fingerprint density at radius 3 is 1.30 bits per heavy atom. The summed E-state index contributed by atoms with van der Waals surface area (Å²) < 4.78 is 10.1. The lowest BCUT2D eigenvalue weighted by Gasteiger charge is -2.39. The number of carboxylic acid groups (broad SMARTS) is 1. The lowest BCUT2D eigenvalue weighted by Crippen LogP contribution is -2.32. The quantitative estimate of drug-likeness (QED) is 0.0439. The number of hydrogen-bond acceptors (Lipinski definition) is 3. The molecule has 0 saturated heterocycles. The summed E-state index contributed by atoms with van der Waals surface area (Å²) >= 11 is 0. The Morgan fingerprint density at radius 1 is 0.628 bits per heavy atom. The van der Waals surface area contributed by atoms with Gasteiger partial charge in [0.2, 0.25) is 0 Å². The van der Waals surface area contributed by atoms with Gasteiger partial charge >= 0.3 is 13.6 Å². The third-order valence-corrected chi connectivity index (χ3v) is 10.4. The first-order valence-corrected chi connectivity index (χ1v) is 20.7. The van der Waals surface area contributed by atoms with Crippen LogP contribution in [0.4, 0.5) is 0 Å². The van der Waals surface area contributed by atoms with Crippen molar-refractivity contribution in [1.82, 2.24) is 5.32 Å². The van der Waals surface area contributed by atoms with E-state index in [-0.39, 0.29) is 0 Å². The molecule has 8 heteroatoms. The van der Waals surface area contributed by atoms with E-state index in [0.717, 1.165) is 5.92 Å². The molecular weight excluding hydrogens is 576 g/mol. The number of carbonyl (C=O) groups is 1. The monoisotopic (exact) mass is 652 g/mol. The Kier molecular flexibility index (Phi) is 33.6. The Labute approximate surface area is 270 Å². The van der Waals surface area contributed by atoms with E-state index in [1.54, 1.807) is 0 Å². The smallest absolute Gasteiger partial charge is 0.339 e. The van der Waals surface area contributed by atoms with Crippen molar-refractivity contribution in [1.29, 1.82) is 0 Å². The zero-order valence-corrected chi connectivity index (χ0v) is 31.1. The predicted molar refractivity (Wildman–Crippen MR) is 191 cm³/mol. The minimum Gasteiger partial charge on any atom is -0.480 e. The molecule has 0 aliphatic heterocycles. The summed E-state index contributed by atoms with van der Waals surface area (Å²) in [5, 5.41) is 10.6. The van der Waals surface area contributed by atoms with Gasteiger partial charge in [-0.05, 0) is 36.8 Å². The van der Waals surface area contributed by atoms with Gasteiger partial charge in [-0.25, -0.2) is 0 Å². The third-order valence-electron chi connectivity index (χ3n) is 8.71. The molecule has 0 amide bonds. The van der Waals surface area contributed by atoms with Gasteiger partial charge in [-0.2, -0.15) is 0 Å². The fourth-order valence-electron chi connectivity index (χ4n) is 6.02. The third kappa shape index (κ3) is 33.2. The molecule has 0 saturated carbocycles. The summed E-state index contributed by atoms with van der Waals surface area (Å²) in [5.41, 5.74) is 0. The molecule has 43 heavy (non-hydrogen) atoms. The predicted octanol–water partition coefficient (Wildman–Crippen LogP) is 11.2. The molecule has 0 heterocycles. The molecule has 2 unspecified atom stereocenters. The van der Waals surface area contributed by atoms with Gasteiger partial charge in [0, 0.05) is 0 Å². The number of hydrogen-bond donors (Lipinski definition) is 4. The fourth-order valence-corrected chi connectivity index (χ4v) is 7.16. The van der Waals surface area contributed by atoms with Gasteiger partial charge in [-0.1, -0.05) is 169 Å². The maximum absolute atomic E-state index is 10.1. The van der Waals surface area contributed by atoms with Crippen LogP contribution in [-0.4, -0.2) is 38.8 Å². The summed E-state index contributed by atoms with van der Waals surface area (Å²) in [6.07, 6.45) is 37.0.